The number of methoxy groups -OCH3 is 1. The molecular weight excluding hydrogens is 519 g/mol. The van der Waals surface area contributed by atoms with Crippen molar-refractivity contribution in [3.8, 4) is 11.5 Å². The normalized spacial score (nSPS) is 14.4. The Morgan fingerprint density at radius 3 is 2.28 bits per heavy atom. The van der Waals surface area contributed by atoms with Crippen molar-refractivity contribution in [3.63, 3.8) is 0 Å². The fourth-order valence-electron chi connectivity index (χ4n) is 3.29. The minimum absolute atomic E-state index is 0. The molecule has 2 aromatic carbocycles. The number of nitrogens with one attached hydrogen (secondary N) is 2. The Bertz CT molecular complexity index is 794. The molecule has 2 aromatic rings. The van der Waals surface area contributed by atoms with Crippen LogP contribution < -0.4 is 20.1 Å². The van der Waals surface area contributed by atoms with Crippen LogP contribution in [0.2, 0.25) is 0 Å². The second kappa shape index (κ2) is 14.9. The summed E-state index contributed by atoms with van der Waals surface area (Å²) in [7, 11) is 1.65. The fraction of sp³-hybridized carbons (Fsp3) is 0.458. The number of morpholine rings is 1. The molecule has 1 aliphatic heterocycles. The number of guanidine groups is 1. The number of nitrogens with zero attached hydrogens (tertiary/aromatic N) is 2. The first-order valence-corrected chi connectivity index (χ1v) is 10.9. The van der Waals surface area contributed by atoms with E-state index in [0.29, 0.717) is 19.7 Å². The Hall–Kier alpha value is -2.04. The molecule has 0 saturated carbocycles. The molecule has 32 heavy (non-hydrogen) atoms. The largest absolute Gasteiger partial charge is 0.497 e. The molecule has 2 N–H and O–H groups in total. The predicted molar refractivity (Wildman–Crippen MR) is 139 cm³/mol. The van der Waals surface area contributed by atoms with Crippen molar-refractivity contribution in [2.24, 2.45) is 4.99 Å². The molecule has 0 radical (unpaired) electrons. The van der Waals surface area contributed by atoms with Gasteiger partial charge in [0.15, 0.2) is 5.96 Å². The summed E-state index contributed by atoms with van der Waals surface area (Å²) in [5, 5.41) is 6.60. The summed E-state index contributed by atoms with van der Waals surface area (Å²) in [6.45, 7) is 9.37. The van der Waals surface area contributed by atoms with Crippen LogP contribution in [0.5, 0.6) is 11.5 Å². The van der Waals surface area contributed by atoms with Crippen LogP contribution in [0.25, 0.3) is 0 Å². The monoisotopic (exact) mass is 554 g/mol. The van der Waals surface area contributed by atoms with Gasteiger partial charge in [-0.1, -0.05) is 24.3 Å². The third-order valence-electron chi connectivity index (χ3n) is 5.02. The lowest BCUT2D eigenvalue weighted by atomic mass is 10.1. The van der Waals surface area contributed by atoms with E-state index in [2.05, 4.69) is 46.7 Å². The maximum absolute atomic E-state index is 5.76. The van der Waals surface area contributed by atoms with E-state index in [0.717, 1.165) is 56.9 Å². The Morgan fingerprint density at radius 2 is 1.62 bits per heavy atom. The molecule has 1 fully saturated rings. The summed E-state index contributed by atoms with van der Waals surface area (Å²) in [5.41, 5.74) is 2.52. The number of aliphatic imine (C=N–C) groups is 1. The molecule has 8 heteroatoms. The highest BCUT2D eigenvalue weighted by molar-refractivity contribution is 14.0. The first-order chi connectivity index (χ1) is 15.3. The van der Waals surface area contributed by atoms with Gasteiger partial charge in [-0.05, 0) is 42.3 Å². The van der Waals surface area contributed by atoms with Crippen molar-refractivity contribution in [1.82, 2.24) is 15.5 Å². The molecule has 3 rings (SSSR count). The van der Waals surface area contributed by atoms with Crippen LogP contribution in [0.15, 0.2) is 53.5 Å². The zero-order valence-corrected chi connectivity index (χ0v) is 21.3. The highest BCUT2D eigenvalue weighted by atomic mass is 127. The third-order valence-corrected chi connectivity index (χ3v) is 5.02. The number of hydrogen-bond acceptors (Lipinski definition) is 5. The summed E-state index contributed by atoms with van der Waals surface area (Å²) in [5.74, 6) is 2.43. The molecular formula is C24H35IN4O3. The van der Waals surface area contributed by atoms with E-state index in [1.807, 2.05) is 24.3 Å². The molecule has 1 aliphatic rings. The predicted octanol–water partition coefficient (Wildman–Crippen LogP) is 3.28. The molecule has 0 spiro atoms. The second-order valence-corrected chi connectivity index (χ2v) is 7.35. The third kappa shape index (κ3) is 9.22. The van der Waals surface area contributed by atoms with Crippen LogP contribution in [0, 0.1) is 0 Å². The molecule has 1 heterocycles. The van der Waals surface area contributed by atoms with E-state index in [4.69, 9.17) is 19.2 Å². The summed E-state index contributed by atoms with van der Waals surface area (Å²) in [4.78, 5) is 7.12. The molecule has 7 nitrogen and oxygen atoms in total. The molecule has 1 saturated heterocycles. The van der Waals surface area contributed by atoms with Gasteiger partial charge in [0.2, 0.25) is 0 Å². The highest BCUT2D eigenvalue weighted by Crippen LogP contribution is 2.16. The van der Waals surface area contributed by atoms with Crippen molar-refractivity contribution in [3.05, 3.63) is 59.7 Å². The van der Waals surface area contributed by atoms with E-state index in [-0.39, 0.29) is 24.0 Å². The average Bonchev–Trinajstić information content (AvgIpc) is 2.82. The van der Waals surface area contributed by atoms with E-state index in [1.54, 1.807) is 7.11 Å². The lowest BCUT2D eigenvalue weighted by Crippen LogP contribution is -2.39. The van der Waals surface area contributed by atoms with Crippen LogP contribution in [-0.2, 0) is 17.8 Å². The highest BCUT2D eigenvalue weighted by Gasteiger charge is 2.10. The minimum Gasteiger partial charge on any atom is -0.497 e. The Labute approximate surface area is 208 Å². The molecule has 176 valence electrons. The maximum atomic E-state index is 5.76. The Balaban J connectivity index is 0.00000363. The van der Waals surface area contributed by atoms with Crippen molar-refractivity contribution in [2.75, 3.05) is 53.1 Å². The van der Waals surface area contributed by atoms with Gasteiger partial charge >= 0.3 is 0 Å². The van der Waals surface area contributed by atoms with Gasteiger partial charge in [0, 0.05) is 26.2 Å². The number of benzene rings is 2. The first-order valence-electron chi connectivity index (χ1n) is 10.9. The van der Waals surface area contributed by atoms with Gasteiger partial charge in [-0.3, -0.25) is 4.90 Å². The molecule has 0 aromatic heterocycles. The van der Waals surface area contributed by atoms with Gasteiger partial charge in [0.1, 0.15) is 18.1 Å². The summed E-state index contributed by atoms with van der Waals surface area (Å²) >= 11 is 0. The average molecular weight is 554 g/mol. The number of hydrogen-bond donors (Lipinski definition) is 2. The topological polar surface area (TPSA) is 67.4 Å². The zero-order chi connectivity index (χ0) is 21.7. The van der Waals surface area contributed by atoms with Gasteiger partial charge in [-0.2, -0.15) is 0 Å². The number of ether oxygens (including phenoxy) is 3. The summed E-state index contributed by atoms with van der Waals surface area (Å²) in [6.07, 6.45) is 0. The van der Waals surface area contributed by atoms with Gasteiger partial charge in [0.05, 0.1) is 33.4 Å². The molecule has 0 amide bonds. The van der Waals surface area contributed by atoms with E-state index in [9.17, 15) is 0 Å². The van der Waals surface area contributed by atoms with Gasteiger partial charge in [0.25, 0.3) is 0 Å². The second-order valence-electron chi connectivity index (χ2n) is 7.35. The van der Waals surface area contributed by atoms with Gasteiger partial charge < -0.3 is 24.8 Å². The summed E-state index contributed by atoms with van der Waals surface area (Å²) < 4.78 is 16.3. The van der Waals surface area contributed by atoms with Gasteiger partial charge in [-0.25, -0.2) is 4.99 Å². The maximum Gasteiger partial charge on any atom is 0.191 e. The van der Waals surface area contributed by atoms with Crippen LogP contribution >= 0.6 is 24.0 Å². The zero-order valence-electron chi connectivity index (χ0n) is 19.0. The van der Waals surface area contributed by atoms with Crippen molar-refractivity contribution in [1.29, 1.82) is 0 Å². The molecule has 0 unspecified atom stereocenters. The minimum atomic E-state index is 0. The molecule has 0 bridgehead atoms. The first kappa shape index (κ1) is 26.2. The van der Waals surface area contributed by atoms with Crippen LogP contribution in [0.4, 0.5) is 0 Å². The Kier molecular flexibility index (Phi) is 12.2. The van der Waals surface area contributed by atoms with Gasteiger partial charge in [-0.15, -0.1) is 24.0 Å². The van der Waals surface area contributed by atoms with Crippen molar-refractivity contribution >= 4 is 29.9 Å². The van der Waals surface area contributed by atoms with E-state index < -0.39 is 0 Å². The molecule has 0 aliphatic carbocycles. The lowest BCUT2D eigenvalue weighted by molar-refractivity contribution is 0.0342. The van der Waals surface area contributed by atoms with Crippen molar-refractivity contribution in [2.45, 2.75) is 20.0 Å². The van der Waals surface area contributed by atoms with E-state index in [1.165, 1.54) is 11.1 Å². The van der Waals surface area contributed by atoms with E-state index >= 15 is 0 Å². The summed E-state index contributed by atoms with van der Waals surface area (Å²) in [6, 6.07) is 16.3. The van der Waals surface area contributed by atoms with Crippen LogP contribution in [0.1, 0.15) is 18.1 Å². The van der Waals surface area contributed by atoms with Crippen LogP contribution in [0.3, 0.4) is 0 Å². The van der Waals surface area contributed by atoms with Crippen molar-refractivity contribution < 1.29 is 14.2 Å². The fourth-order valence-corrected chi connectivity index (χ4v) is 3.29. The molecule has 0 atom stereocenters. The quantitative estimate of drug-likeness (QED) is 0.204. The number of halogens is 1. The standard InChI is InChI=1S/C24H34N4O3.HI/c1-3-25-24(26-12-15-31-23-10-8-22(29-2)9-11-23)27-18-20-4-6-21(7-5-20)19-28-13-16-30-17-14-28;/h4-11H,3,12-19H2,1-2H3,(H2,25,26,27);1H. The van der Waals surface area contributed by atoms with Crippen LogP contribution in [-0.4, -0.2) is 64.0 Å². The smallest absolute Gasteiger partial charge is 0.191 e. The SMILES string of the molecule is CCNC(=NCc1ccc(CN2CCOCC2)cc1)NCCOc1ccc(OC)cc1.I. The number of rotatable bonds is 10. The lowest BCUT2D eigenvalue weighted by Gasteiger charge is -2.26. The Morgan fingerprint density at radius 1 is 0.969 bits per heavy atom.